The van der Waals surface area contributed by atoms with Gasteiger partial charge in [-0.05, 0) is 42.8 Å². The third-order valence-corrected chi connectivity index (χ3v) is 4.54. The summed E-state index contributed by atoms with van der Waals surface area (Å²) in [6.45, 7) is 1.49. The lowest BCUT2D eigenvalue weighted by atomic mass is 10.0. The second-order valence-electron chi connectivity index (χ2n) is 6.51. The number of nitrogen functional groups attached to an aromatic ring is 1. The molecule has 0 aliphatic carbocycles. The van der Waals surface area contributed by atoms with Crippen molar-refractivity contribution in [3.63, 3.8) is 0 Å². The van der Waals surface area contributed by atoms with Gasteiger partial charge in [0.15, 0.2) is 5.69 Å². The van der Waals surface area contributed by atoms with Crippen LogP contribution >= 0.6 is 11.6 Å². The predicted molar refractivity (Wildman–Crippen MR) is 107 cm³/mol. The lowest BCUT2D eigenvalue weighted by Gasteiger charge is -2.17. The molecule has 0 saturated heterocycles. The van der Waals surface area contributed by atoms with Crippen molar-refractivity contribution in [2.75, 3.05) is 5.73 Å². The van der Waals surface area contributed by atoms with Crippen molar-refractivity contribution >= 4 is 23.2 Å². The standard InChI is InChI=1S/C20H16ClF3N4O2/c1-11(12-7-13(20(22,23)24)9-14(25)8-12)26-19(30)18-16(21)10-17(29)28(27-18)15-5-3-2-4-6-15/h2-11H,25H2,1H3,(H,26,30)/t11-/m1/s1. The zero-order valence-electron chi connectivity index (χ0n) is 15.6. The number of halogens is 4. The monoisotopic (exact) mass is 436 g/mol. The van der Waals surface area contributed by atoms with Crippen LogP contribution in [0.15, 0.2) is 59.4 Å². The molecule has 3 aromatic rings. The minimum Gasteiger partial charge on any atom is -0.399 e. The number of amides is 1. The highest BCUT2D eigenvalue weighted by Gasteiger charge is 2.31. The molecule has 1 atom stereocenters. The molecular weight excluding hydrogens is 421 g/mol. The van der Waals surface area contributed by atoms with Crippen LogP contribution in [0, 0.1) is 0 Å². The van der Waals surface area contributed by atoms with E-state index in [1.165, 1.54) is 13.0 Å². The maximum Gasteiger partial charge on any atom is 0.416 e. The van der Waals surface area contributed by atoms with E-state index in [1.807, 2.05) is 0 Å². The molecule has 156 valence electrons. The van der Waals surface area contributed by atoms with Crippen LogP contribution in [0.2, 0.25) is 5.02 Å². The van der Waals surface area contributed by atoms with Crippen LogP contribution in [-0.4, -0.2) is 15.7 Å². The molecule has 1 heterocycles. The van der Waals surface area contributed by atoms with E-state index in [-0.39, 0.29) is 22.0 Å². The van der Waals surface area contributed by atoms with Crippen LogP contribution in [0.1, 0.15) is 34.6 Å². The molecule has 6 nitrogen and oxygen atoms in total. The van der Waals surface area contributed by atoms with Gasteiger partial charge in [-0.3, -0.25) is 9.59 Å². The molecule has 1 amide bonds. The number of rotatable bonds is 4. The van der Waals surface area contributed by atoms with Crippen molar-refractivity contribution in [1.82, 2.24) is 15.1 Å². The predicted octanol–water partition coefficient (Wildman–Crippen LogP) is 3.98. The van der Waals surface area contributed by atoms with Crippen molar-refractivity contribution in [3.05, 3.63) is 86.8 Å². The minimum absolute atomic E-state index is 0.0882. The van der Waals surface area contributed by atoms with E-state index < -0.39 is 29.2 Å². The average Bonchev–Trinajstić information content (AvgIpc) is 2.67. The van der Waals surface area contributed by atoms with E-state index in [2.05, 4.69) is 10.4 Å². The fourth-order valence-electron chi connectivity index (χ4n) is 2.78. The molecule has 0 bridgehead atoms. The molecule has 0 aliphatic rings. The lowest BCUT2D eigenvalue weighted by molar-refractivity contribution is -0.137. The Hall–Kier alpha value is -3.33. The van der Waals surface area contributed by atoms with E-state index in [1.54, 1.807) is 30.3 Å². The molecule has 0 radical (unpaired) electrons. The molecule has 2 aromatic carbocycles. The molecule has 3 N–H and O–H groups in total. The zero-order chi connectivity index (χ0) is 22.1. The van der Waals surface area contributed by atoms with Crippen molar-refractivity contribution < 1.29 is 18.0 Å². The molecule has 0 saturated carbocycles. The molecule has 0 unspecified atom stereocenters. The number of alkyl halides is 3. The Morgan fingerprint density at radius 1 is 1.17 bits per heavy atom. The third-order valence-electron chi connectivity index (χ3n) is 4.25. The highest BCUT2D eigenvalue weighted by Crippen LogP contribution is 2.32. The van der Waals surface area contributed by atoms with E-state index >= 15 is 0 Å². The van der Waals surface area contributed by atoms with E-state index in [9.17, 15) is 22.8 Å². The van der Waals surface area contributed by atoms with E-state index in [0.717, 1.165) is 22.9 Å². The van der Waals surface area contributed by atoms with Crippen molar-refractivity contribution in [2.45, 2.75) is 19.1 Å². The summed E-state index contributed by atoms with van der Waals surface area (Å²) in [5.74, 6) is -0.756. The summed E-state index contributed by atoms with van der Waals surface area (Å²) in [6.07, 6.45) is -4.58. The van der Waals surface area contributed by atoms with Crippen molar-refractivity contribution in [1.29, 1.82) is 0 Å². The van der Waals surface area contributed by atoms with E-state index in [0.29, 0.717) is 5.69 Å². The summed E-state index contributed by atoms with van der Waals surface area (Å²) in [5.41, 5.74) is 4.36. The van der Waals surface area contributed by atoms with Gasteiger partial charge in [-0.25, -0.2) is 0 Å². The normalized spacial score (nSPS) is 12.4. The molecule has 0 aliphatic heterocycles. The number of carbonyl (C=O) groups excluding carboxylic acids is 1. The van der Waals surface area contributed by atoms with Crippen molar-refractivity contribution in [2.24, 2.45) is 0 Å². The smallest absolute Gasteiger partial charge is 0.399 e. The Balaban J connectivity index is 1.91. The molecular formula is C20H16ClF3N4O2. The summed E-state index contributed by atoms with van der Waals surface area (Å²) in [7, 11) is 0. The Kier molecular flexibility index (Phi) is 5.84. The van der Waals surface area contributed by atoms with Crippen molar-refractivity contribution in [3.8, 4) is 5.69 Å². The third kappa shape index (κ3) is 4.62. The van der Waals surface area contributed by atoms with Crippen LogP contribution < -0.4 is 16.6 Å². The SMILES string of the molecule is C[C@@H](NC(=O)c1nn(-c2ccccc2)c(=O)cc1Cl)c1cc(N)cc(C(F)(F)F)c1. The van der Waals surface area contributed by atoms with Crippen LogP contribution in [0.3, 0.4) is 0 Å². The number of benzene rings is 2. The Labute approximate surface area is 174 Å². The first-order valence-corrected chi connectivity index (χ1v) is 9.08. The van der Waals surface area contributed by atoms with Gasteiger partial charge in [0, 0.05) is 11.8 Å². The molecule has 10 heteroatoms. The number of nitrogens with one attached hydrogen (secondary N) is 1. The fraction of sp³-hybridized carbons (Fsp3) is 0.150. The summed E-state index contributed by atoms with van der Waals surface area (Å²) in [4.78, 5) is 24.9. The highest BCUT2D eigenvalue weighted by atomic mass is 35.5. The van der Waals surface area contributed by atoms with Gasteiger partial charge in [-0.2, -0.15) is 23.0 Å². The van der Waals surface area contributed by atoms with Gasteiger partial charge in [0.05, 0.1) is 22.3 Å². The molecule has 3 rings (SSSR count). The summed E-state index contributed by atoms with van der Waals surface area (Å²) >= 11 is 6.02. The first-order valence-electron chi connectivity index (χ1n) is 8.70. The maximum absolute atomic E-state index is 13.0. The first-order chi connectivity index (χ1) is 14.1. The zero-order valence-corrected chi connectivity index (χ0v) is 16.3. The van der Waals surface area contributed by atoms with Gasteiger partial charge in [0.1, 0.15) is 0 Å². The van der Waals surface area contributed by atoms with Gasteiger partial charge in [0.25, 0.3) is 11.5 Å². The average molecular weight is 437 g/mol. The number of anilines is 1. The van der Waals surface area contributed by atoms with Gasteiger partial charge >= 0.3 is 6.18 Å². The molecule has 30 heavy (non-hydrogen) atoms. The number of para-hydroxylation sites is 1. The first kappa shape index (κ1) is 21.4. The van der Waals surface area contributed by atoms with Gasteiger partial charge in [0.2, 0.25) is 0 Å². The van der Waals surface area contributed by atoms with Crippen LogP contribution in [0.4, 0.5) is 18.9 Å². The number of nitrogens with zero attached hydrogens (tertiary/aromatic N) is 2. The maximum atomic E-state index is 13.0. The molecule has 0 fully saturated rings. The number of hydrogen-bond donors (Lipinski definition) is 2. The van der Waals surface area contributed by atoms with Gasteiger partial charge in [-0.1, -0.05) is 29.8 Å². The number of nitrogens with two attached hydrogens (primary N) is 1. The van der Waals surface area contributed by atoms with Crippen LogP contribution in [0.5, 0.6) is 0 Å². The largest absolute Gasteiger partial charge is 0.416 e. The molecule has 0 spiro atoms. The molecule has 1 aromatic heterocycles. The highest BCUT2D eigenvalue weighted by molar-refractivity contribution is 6.33. The van der Waals surface area contributed by atoms with Crippen LogP contribution in [-0.2, 0) is 6.18 Å². The second kappa shape index (κ2) is 8.19. The summed E-state index contributed by atoms with van der Waals surface area (Å²) in [5, 5.41) is 6.37. The van der Waals surface area contributed by atoms with E-state index in [4.69, 9.17) is 17.3 Å². The number of carbonyl (C=O) groups is 1. The number of aromatic nitrogens is 2. The Bertz CT molecular complexity index is 1150. The van der Waals surface area contributed by atoms with Crippen LogP contribution in [0.25, 0.3) is 5.69 Å². The van der Waals surface area contributed by atoms with Gasteiger partial charge < -0.3 is 11.1 Å². The Morgan fingerprint density at radius 2 is 1.83 bits per heavy atom. The fourth-order valence-corrected chi connectivity index (χ4v) is 3.00. The minimum atomic E-state index is -4.58. The number of hydrogen-bond acceptors (Lipinski definition) is 4. The second-order valence-corrected chi connectivity index (χ2v) is 6.91. The van der Waals surface area contributed by atoms with Gasteiger partial charge in [-0.15, -0.1) is 0 Å². The summed E-state index contributed by atoms with van der Waals surface area (Å²) < 4.78 is 40.1. The quantitative estimate of drug-likeness (QED) is 0.605. The topological polar surface area (TPSA) is 90.0 Å². The summed E-state index contributed by atoms with van der Waals surface area (Å²) in [6, 6.07) is 11.6. The Morgan fingerprint density at radius 3 is 2.47 bits per heavy atom. The lowest BCUT2D eigenvalue weighted by Crippen LogP contribution is -2.31.